The fourth-order valence-corrected chi connectivity index (χ4v) is 4.00. The molecule has 1 aliphatic rings. The second kappa shape index (κ2) is 10.6. The molecule has 0 heterocycles. The zero-order valence-corrected chi connectivity index (χ0v) is 19.2. The van der Waals surface area contributed by atoms with Crippen LogP contribution >= 0.6 is 0 Å². The predicted octanol–water partition coefficient (Wildman–Crippen LogP) is 5.05. The third-order valence-electron chi connectivity index (χ3n) is 6.04. The minimum Gasteiger partial charge on any atom is -0.493 e. The fraction of sp³-hybridized carbons (Fsp3) is 0.500. The van der Waals surface area contributed by atoms with Crippen LogP contribution in [-0.2, 0) is 16.6 Å². The summed E-state index contributed by atoms with van der Waals surface area (Å²) in [5, 5.41) is 3.09. The molecule has 0 aromatic heterocycles. The molecular weight excluding hydrogens is 390 g/mol. The van der Waals surface area contributed by atoms with E-state index in [1.165, 1.54) is 12.8 Å². The van der Waals surface area contributed by atoms with Crippen molar-refractivity contribution in [2.45, 2.75) is 63.9 Å². The first kappa shape index (κ1) is 23.0. The van der Waals surface area contributed by atoms with E-state index in [4.69, 9.17) is 14.2 Å². The number of benzene rings is 2. The molecule has 1 fully saturated rings. The molecular formula is C26H35NO4. The summed E-state index contributed by atoms with van der Waals surface area (Å²) in [7, 11) is 3.25. The molecule has 3 rings (SSSR count). The fourth-order valence-electron chi connectivity index (χ4n) is 4.00. The first-order valence-electron chi connectivity index (χ1n) is 11.2. The van der Waals surface area contributed by atoms with Crippen molar-refractivity contribution in [2.75, 3.05) is 20.8 Å². The zero-order chi connectivity index (χ0) is 22.3. The Morgan fingerprint density at radius 2 is 1.77 bits per heavy atom. The van der Waals surface area contributed by atoms with Crippen LogP contribution in [-0.4, -0.2) is 32.8 Å². The Morgan fingerprint density at radius 3 is 2.48 bits per heavy atom. The molecule has 0 unspecified atom stereocenters. The lowest BCUT2D eigenvalue weighted by Gasteiger charge is -2.26. The van der Waals surface area contributed by atoms with Crippen LogP contribution in [0, 0.1) is 0 Å². The SMILES string of the molecule is COc1ccc(C(C)(C)CNC(=O)CCc2cccc(OC3CCCC3)c2)cc1OC. The molecule has 2 aromatic rings. The van der Waals surface area contributed by atoms with Crippen LogP contribution in [0.15, 0.2) is 42.5 Å². The van der Waals surface area contributed by atoms with E-state index in [9.17, 15) is 4.79 Å². The van der Waals surface area contributed by atoms with Crippen LogP contribution in [0.4, 0.5) is 0 Å². The molecule has 1 amide bonds. The van der Waals surface area contributed by atoms with Gasteiger partial charge in [-0.3, -0.25) is 4.79 Å². The molecule has 1 saturated carbocycles. The van der Waals surface area contributed by atoms with Gasteiger partial charge in [0, 0.05) is 18.4 Å². The third kappa shape index (κ3) is 6.39. The van der Waals surface area contributed by atoms with Gasteiger partial charge in [-0.25, -0.2) is 0 Å². The van der Waals surface area contributed by atoms with Crippen molar-refractivity contribution in [3.8, 4) is 17.2 Å². The molecule has 0 aliphatic heterocycles. The summed E-state index contributed by atoms with van der Waals surface area (Å²) in [5.41, 5.74) is 1.98. The van der Waals surface area contributed by atoms with Gasteiger partial charge < -0.3 is 19.5 Å². The molecule has 2 aromatic carbocycles. The van der Waals surface area contributed by atoms with Gasteiger partial charge >= 0.3 is 0 Å². The van der Waals surface area contributed by atoms with Crippen molar-refractivity contribution in [1.82, 2.24) is 5.32 Å². The molecule has 31 heavy (non-hydrogen) atoms. The second-order valence-electron chi connectivity index (χ2n) is 8.90. The van der Waals surface area contributed by atoms with Crippen LogP contribution in [0.3, 0.4) is 0 Å². The number of methoxy groups -OCH3 is 2. The number of carbonyl (C=O) groups is 1. The monoisotopic (exact) mass is 425 g/mol. The Hall–Kier alpha value is -2.69. The molecule has 0 bridgehead atoms. The topological polar surface area (TPSA) is 56.8 Å². The molecule has 0 spiro atoms. The maximum Gasteiger partial charge on any atom is 0.220 e. The maximum atomic E-state index is 12.5. The van der Waals surface area contributed by atoms with Crippen molar-refractivity contribution in [2.24, 2.45) is 0 Å². The summed E-state index contributed by atoms with van der Waals surface area (Å²) in [6.07, 6.45) is 6.29. The standard InChI is InChI=1S/C26H35NO4/c1-26(2,20-13-14-23(29-3)24(17-20)30-4)18-27-25(28)15-12-19-8-7-11-22(16-19)31-21-9-5-6-10-21/h7-8,11,13-14,16-17,21H,5-6,9-10,12,15,18H2,1-4H3,(H,27,28). The Labute approximate surface area is 186 Å². The van der Waals surface area contributed by atoms with Gasteiger partial charge in [0.05, 0.1) is 20.3 Å². The first-order chi connectivity index (χ1) is 14.9. The maximum absolute atomic E-state index is 12.5. The van der Waals surface area contributed by atoms with Gasteiger partial charge in [0.2, 0.25) is 5.91 Å². The number of carbonyl (C=O) groups excluding carboxylic acids is 1. The minimum atomic E-state index is -0.232. The molecule has 168 valence electrons. The largest absolute Gasteiger partial charge is 0.493 e. The summed E-state index contributed by atoms with van der Waals surface area (Å²) in [4.78, 5) is 12.5. The quantitative estimate of drug-likeness (QED) is 0.579. The molecule has 5 heteroatoms. The van der Waals surface area contributed by atoms with E-state index >= 15 is 0 Å². The highest BCUT2D eigenvalue weighted by atomic mass is 16.5. The Balaban J connectivity index is 1.50. The van der Waals surface area contributed by atoms with Crippen LogP contribution in [0.2, 0.25) is 0 Å². The molecule has 0 atom stereocenters. The zero-order valence-electron chi connectivity index (χ0n) is 19.2. The van der Waals surface area contributed by atoms with Crippen molar-refractivity contribution in [1.29, 1.82) is 0 Å². The highest BCUT2D eigenvalue weighted by Gasteiger charge is 2.23. The number of nitrogens with one attached hydrogen (secondary N) is 1. The number of aryl methyl sites for hydroxylation is 1. The summed E-state index contributed by atoms with van der Waals surface area (Å²) < 4.78 is 16.8. The Kier molecular flexibility index (Phi) is 7.83. The average Bonchev–Trinajstić information content (AvgIpc) is 3.29. The summed E-state index contributed by atoms with van der Waals surface area (Å²) in [6.45, 7) is 4.77. The normalized spacial score (nSPS) is 14.3. The van der Waals surface area contributed by atoms with E-state index in [2.05, 4.69) is 31.3 Å². The van der Waals surface area contributed by atoms with Gasteiger partial charge in [0.1, 0.15) is 5.75 Å². The first-order valence-corrected chi connectivity index (χ1v) is 11.2. The Bertz CT molecular complexity index is 871. The highest BCUT2D eigenvalue weighted by Crippen LogP contribution is 2.33. The summed E-state index contributed by atoms with van der Waals surface area (Å²) in [6, 6.07) is 14.0. The van der Waals surface area contributed by atoms with Crippen LogP contribution in [0.1, 0.15) is 57.1 Å². The lowest BCUT2D eigenvalue weighted by atomic mass is 9.84. The summed E-state index contributed by atoms with van der Waals surface area (Å²) in [5.74, 6) is 2.36. The van der Waals surface area contributed by atoms with Crippen LogP contribution in [0.5, 0.6) is 17.2 Å². The van der Waals surface area contributed by atoms with Crippen LogP contribution < -0.4 is 19.5 Å². The Morgan fingerprint density at radius 1 is 1.03 bits per heavy atom. The molecule has 0 radical (unpaired) electrons. The molecule has 1 aliphatic carbocycles. The van der Waals surface area contributed by atoms with Crippen molar-refractivity contribution in [3.63, 3.8) is 0 Å². The van der Waals surface area contributed by atoms with E-state index in [1.54, 1.807) is 14.2 Å². The van der Waals surface area contributed by atoms with Crippen LogP contribution in [0.25, 0.3) is 0 Å². The number of amides is 1. The van der Waals surface area contributed by atoms with Gasteiger partial charge in [-0.1, -0.05) is 32.0 Å². The lowest BCUT2D eigenvalue weighted by Crippen LogP contribution is -2.36. The summed E-state index contributed by atoms with van der Waals surface area (Å²) >= 11 is 0. The minimum absolute atomic E-state index is 0.0515. The van der Waals surface area contributed by atoms with Crippen molar-refractivity contribution in [3.05, 3.63) is 53.6 Å². The second-order valence-corrected chi connectivity index (χ2v) is 8.90. The smallest absolute Gasteiger partial charge is 0.220 e. The van der Waals surface area contributed by atoms with E-state index in [0.717, 1.165) is 29.7 Å². The highest BCUT2D eigenvalue weighted by molar-refractivity contribution is 5.76. The average molecular weight is 426 g/mol. The van der Waals surface area contributed by atoms with Crippen molar-refractivity contribution < 1.29 is 19.0 Å². The van der Waals surface area contributed by atoms with Gasteiger partial charge in [0.15, 0.2) is 11.5 Å². The number of rotatable bonds is 10. The van der Waals surface area contributed by atoms with E-state index in [1.807, 2.05) is 30.3 Å². The molecule has 0 saturated heterocycles. The number of ether oxygens (including phenoxy) is 3. The lowest BCUT2D eigenvalue weighted by molar-refractivity contribution is -0.121. The third-order valence-corrected chi connectivity index (χ3v) is 6.04. The van der Waals surface area contributed by atoms with Gasteiger partial charge in [0.25, 0.3) is 0 Å². The number of hydrogen-bond acceptors (Lipinski definition) is 4. The van der Waals surface area contributed by atoms with E-state index in [-0.39, 0.29) is 11.3 Å². The predicted molar refractivity (Wildman–Crippen MR) is 123 cm³/mol. The van der Waals surface area contributed by atoms with Gasteiger partial charge in [-0.05, 0) is 67.5 Å². The van der Waals surface area contributed by atoms with E-state index in [0.29, 0.717) is 37.0 Å². The van der Waals surface area contributed by atoms with Gasteiger partial charge in [-0.2, -0.15) is 0 Å². The molecule has 1 N–H and O–H groups in total. The van der Waals surface area contributed by atoms with Gasteiger partial charge in [-0.15, -0.1) is 0 Å². The molecule has 5 nitrogen and oxygen atoms in total. The van der Waals surface area contributed by atoms with Crippen molar-refractivity contribution >= 4 is 5.91 Å². The number of hydrogen-bond donors (Lipinski definition) is 1. The van der Waals surface area contributed by atoms with E-state index < -0.39 is 0 Å².